The average molecular weight is 251 g/mol. The summed E-state index contributed by atoms with van der Waals surface area (Å²) in [6.45, 7) is 0.144. The van der Waals surface area contributed by atoms with Gasteiger partial charge in [0.25, 0.3) is 5.91 Å². The first-order valence-corrected chi connectivity index (χ1v) is 6.02. The van der Waals surface area contributed by atoms with Gasteiger partial charge in [0.15, 0.2) is 0 Å². The van der Waals surface area contributed by atoms with Crippen LogP contribution in [0.4, 0.5) is 5.82 Å². The topological polar surface area (TPSA) is 102 Å². The number of carbonyl (C=O) groups is 1. The fourth-order valence-corrected chi connectivity index (χ4v) is 2.87. The normalized spacial score (nSPS) is 10.9. The smallest absolute Gasteiger partial charge is 0.251 e. The molecule has 90 valence electrons. The molecule has 2 heterocycles. The molecule has 6 heteroatoms. The highest BCUT2D eigenvalue weighted by atomic mass is 32.1. The van der Waals surface area contributed by atoms with Crippen molar-refractivity contribution in [2.45, 2.75) is 12.8 Å². The molecular formula is C11H13N3O2S. The first-order valence-electron chi connectivity index (χ1n) is 5.21. The first-order chi connectivity index (χ1) is 8.13. The summed E-state index contributed by atoms with van der Waals surface area (Å²) in [5, 5.41) is 9.56. The number of rotatable bonds is 4. The van der Waals surface area contributed by atoms with Gasteiger partial charge >= 0.3 is 0 Å². The van der Waals surface area contributed by atoms with Gasteiger partial charge in [0.05, 0.1) is 10.3 Å². The number of nitrogens with two attached hydrogens (primary N) is 2. The van der Waals surface area contributed by atoms with Crippen LogP contribution >= 0.6 is 11.3 Å². The van der Waals surface area contributed by atoms with Gasteiger partial charge in [-0.2, -0.15) is 0 Å². The lowest BCUT2D eigenvalue weighted by Crippen LogP contribution is -2.11. The number of aryl methyl sites for hydroxylation is 1. The summed E-state index contributed by atoms with van der Waals surface area (Å²) >= 11 is 1.47. The molecule has 1 amide bonds. The van der Waals surface area contributed by atoms with Crippen LogP contribution in [-0.2, 0) is 6.42 Å². The third kappa shape index (κ3) is 2.22. The monoisotopic (exact) mass is 251 g/mol. The molecule has 0 fully saturated rings. The van der Waals surface area contributed by atoms with Crippen LogP contribution in [0.15, 0.2) is 12.3 Å². The van der Waals surface area contributed by atoms with E-state index >= 15 is 0 Å². The minimum Gasteiger partial charge on any atom is -0.396 e. The van der Waals surface area contributed by atoms with Crippen LogP contribution < -0.4 is 11.5 Å². The second kappa shape index (κ2) is 4.68. The lowest BCUT2D eigenvalue weighted by molar-refractivity contribution is 0.100. The van der Waals surface area contributed by atoms with E-state index in [2.05, 4.69) is 4.98 Å². The minimum absolute atomic E-state index is 0.144. The van der Waals surface area contributed by atoms with Gasteiger partial charge in [-0.15, -0.1) is 11.3 Å². The number of thiophene rings is 1. The SMILES string of the molecule is NC(=O)c1cnc(N)c2cc(CCCO)sc12. The molecule has 2 aromatic rings. The first kappa shape index (κ1) is 11.8. The number of fused-ring (bicyclic) bond motifs is 1. The van der Waals surface area contributed by atoms with E-state index in [0.29, 0.717) is 17.8 Å². The molecule has 0 saturated heterocycles. The molecular weight excluding hydrogens is 238 g/mol. The summed E-state index contributed by atoms with van der Waals surface area (Å²) in [5.74, 6) is -0.102. The van der Waals surface area contributed by atoms with Crippen LogP contribution in [-0.4, -0.2) is 22.6 Å². The van der Waals surface area contributed by atoms with Crippen molar-refractivity contribution in [3.8, 4) is 0 Å². The Hall–Kier alpha value is -1.66. The molecule has 0 bridgehead atoms. The van der Waals surface area contributed by atoms with Crippen molar-refractivity contribution in [3.05, 3.63) is 22.7 Å². The Bertz CT molecular complexity index is 565. The number of primary amides is 1. The van der Waals surface area contributed by atoms with Gasteiger partial charge in [-0.25, -0.2) is 4.98 Å². The molecule has 0 saturated carbocycles. The van der Waals surface area contributed by atoms with Crippen LogP contribution in [0.1, 0.15) is 21.7 Å². The van der Waals surface area contributed by atoms with Gasteiger partial charge in [-0.3, -0.25) is 4.79 Å². The zero-order chi connectivity index (χ0) is 12.4. The van der Waals surface area contributed by atoms with E-state index in [9.17, 15) is 4.79 Å². The number of hydrogen-bond acceptors (Lipinski definition) is 5. The molecule has 5 nitrogen and oxygen atoms in total. The van der Waals surface area contributed by atoms with E-state index in [1.54, 1.807) is 0 Å². The summed E-state index contributed by atoms with van der Waals surface area (Å²) in [6.07, 6.45) is 2.85. The van der Waals surface area contributed by atoms with Crippen LogP contribution in [0, 0.1) is 0 Å². The molecule has 0 aromatic carbocycles. The number of pyridine rings is 1. The summed E-state index contributed by atoms with van der Waals surface area (Å²) < 4.78 is 0.776. The molecule has 0 unspecified atom stereocenters. The quantitative estimate of drug-likeness (QED) is 0.751. The molecule has 2 aromatic heterocycles. The van der Waals surface area contributed by atoms with Gasteiger partial charge in [0, 0.05) is 23.1 Å². The third-order valence-electron chi connectivity index (χ3n) is 2.48. The van der Waals surface area contributed by atoms with Crippen molar-refractivity contribution in [2.75, 3.05) is 12.3 Å². The van der Waals surface area contributed by atoms with E-state index in [-0.39, 0.29) is 6.61 Å². The van der Waals surface area contributed by atoms with Gasteiger partial charge in [-0.1, -0.05) is 0 Å². The Morgan fingerprint density at radius 1 is 1.53 bits per heavy atom. The zero-order valence-corrected chi connectivity index (χ0v) is 9.96. The maximum atomic E-state index is 11.3. The van der Waals surface area contributed by atoms with Gasteiger partial charge < -0.3 is 16.6 Å². The van der Waals surface area contributed by atoms with Crippen LogP contribution in [0.3, 0.4) is 0 Å². The molecule has 0 aliphatic heterocycles. The van der Waals surface area contributed by atoms with Gasteiger partial charge in [0.1, 0.15) is 5.82 Å². The number of aliphatic hydroxyl groups is 1. The van der Waals surface area contributed by atoms with Gasteiger partial charge in [-0.05, 0) is 18.9 Å². The molecule has 0 spiro atoms. The predicted molar refractivity (Wildman–Crippen MR) is 68.0 cm³/mol. The second-order valence-electron chi connectivity index (χ2n) is 3.70. The van der Waals surface area contributed by atoms with Crippen molar-refractivity contribution < 1.29 is 9.90 Å². The highest BCUT2D eigenvalue weighted by Crippen LogP contribution is 2.32. The van der Waals surface area contributed by atoms with Crippen LogP contribution in [0.2, 0.25) is 0 Å². The van der Waals surface area contributed by atoms with E-state index in [0.717, 1.165) is 21.4 Å². The summed E-state index contributed by atoms with van der Waals surface area (Å²) in [4.78, 5) is 16.3. The zero-order valence-electron chi connectivity index (χ0n) is 9.14. The Morgan fingerprint density at radius 2 is 2.29 bits per heavy atom. The summed E-state index contributed by atoms with van der Waals surface area (Å²) in [7, 11) is 0. The number of hydrogen-bond donors (Lipinski definition) is 3. The van der Waals surface area contributed by atoms with E-state index in [1.807, 2.05) is 6.07 Å². The lowest BCUT2D eigenvalue weighted by Gasteiger charge is -1.99. The molecule has 2 rings (SSSR count). The maximum absolute atomic E-state index is 11.3. The van der Waals surface area contributed by atoms with Crippen LogP contribution in [0.25, 0.3) is 10.1 Å². The van der Waals surface area contributed by atoms with Crippen molar-refractivity contribution in [1.82, 2.24) is 4.98 Å². The van der Waals surface area contributed by atoms with Crippen molar-refractivity contribution in [1.29, 1.82) is 0 Å². The standard InChI is InChI=1S/C11H13N3O2S/c12-10-7-4-6(2-1-3-15)17-9(7)8(5-14-10)11(13)16/h4-5,15H,1-3H2,(H2,12,14)(H2,13,16). The van der Waals surface area contributed by atoms with Crippen LogP contribution in [0.5, 0.6) is 0 Å². The van der Waals surface area contributed by atoms with Crippen molar-refractivity contribution in [2.24, 2.45) is 5.73 Å². The van der Waals surface area contributed by atoms with Crippen molar-refractivity contribution in [3.63, 3.8) is 0 Å². The summed E-state index contributed by atoms with van der Waals surface area (Å²) in [6, 6.07) is 1.91. The minimum atomic E-state index is -0.502. The number of aliphatic hydroxyl groups excluding tert-OH is 1. The second-order valence-corrected chi connectivity index (χ2v) is 4.84. The number of carbonyl (C=O) groups excluding carboxylic acids is 1. The largest absolute Gasteiger partial charge is 0.396 e. The average Bonchev–Trinajstić information content (AvgIpc) is 2.71. The fraction of sp³-hybridized carbons (Fsp3) is 0.273. The van der Waals surface area contributed by atoms with E-state index in [4.69, 9.17) is 16.6 Å². The van der Waals surface area contributed by atoms with E-state index < -0.39 is 5.91 Å². The number of aromatic nitrogens is 1. The van der Waals surface area contributed by atoms with Gasteiger partial charge in [0.2, 0.25) is 0 Å². The fourth-order valence-electron chi connectivity index (χ4n) is 1.65. The molecule has 17 heavy (non-hydrogen) atoms. The number of anilines is 1. The predicted octanol–water partition coefficient (Wildman–Crippen LogP) is 0.902. The number of nitrogens with zero attached hydrogens (tertiary/aromatic N) is 1. The Balaban J connectivity index is 2.53. The maximum Gasteiger partial charge on any atom is 0.251 e. The highest BCUT2D eigenvalue weighted by Gasteiger charge is 2.13. The summed E-state index contributed by atoms with van der Waals surface area (Å²) in [5.41, 5.74) is 11.4. The molecule has 0 radical (unpaired) electrons. The molecule has 0 aliphatic rings. The number of amides is 1. The van der Waals surface area contributed by atoms with E-state index in [1.165, 1.54) is 17.5 Å². The molecule has 5 N–H and O–H groups in total. The Morgan fingerprint density at radius 3 is 2.94 bits per heavy atom. The molecule has 0 aliphatic carbocycles. The lowest BCUT2D eigenvalue weighted by atomic mass is 10.2. The Labute approximate surface area is 102 Å². The molecule has 0 atom stereocenters. The third-order valence-corrected chi connectivity index (χ3v) is 3.71. The Kier molecular flexibility index (Phi) is 3.26. The highest BCUT2D eigenvalue weighted by molar-refractivity contribution is 7.19. The van der Waals surface area contributed by atoms with Crippen molar-refractivity contribution >= 4 is 33.1 Å². The number of nitrogen functional groups attached to an aromatic ring is 1.